The molecule has 1 fully saturated rings. The minimum atomic E-state index is -0.233. The van der Waals surface area contributed by atoms with Crippen molar-refractivity contribution in [2.45, 2.75) is 43.4 Å². The zero-order valence-electron chi connectivity index (χ0n) is 13.2. The van der Waals surface area contributed by atoms with E-state index >= 15 is 0 Å². The molecular formula is C16H19ClN4O2S. The summed E-state index contributed by atoms with van der Waals surface area (Å²) >= 11 is 7.11. The van der Waals surface area contributed by atoms with Gasteiger partial charge in [-0.3, -0.25) is 4.79 Å². The molecule has 1 saturated carbocycles. The molecule has 0 unspecified atom stereocenters. The summed E-state index contributed by atoms with van der Waals surface area (Å²) < 4.78 is 6.86. The second-order valence-corrected chi connectivity index (χ2v) is 7.10. The lowest BCUT2D eigenvalue weighted by Gasteiger charge is -2.21. The van der Waals surface area contributed by atoms with Gasteiger partial charge in [-0.25, -0.2) is 4.68 Å². The van der Waals surface area contributed by atoms with Crippen molar-refractivity contribution in [3.63, 3.8) is 0 Å². The summed E-state index contributed by atoms with van der Waals surface area (Å²) in [6, 6.07) is 7.17. The van der Waals surface area contributed by atoms with E-state index < -0.39 is 0 Å². The first-order chi connectivity index (χ1) is 11.6. The average molecular weight is 367 g/mol. The maximum atomic E-state index is 12.0. The molecule has 8 heteroatoms. The lowest BCUT2D eigenvalue weighted by Crippen LogP contribution is -2.22. The van der Waals surface area contributed by atoms with Gasteiger partial charge in [-0.1, -0.05) is 29.8 Å². The minimum absolute atomic E-state index is 0.0622. The van der Waals surface area contributed by atoms with Crippen LogP contribution < -0.4 is 5.84 Å². The van der Waals surface area contributed by atoms with Gasteiger partial charge in [0.2, 0.25) is 5.16 Å². The number of rotatable bonds is 5. The average Bonchev–Trinajstić information content (AvgIpc) is 2.95. The molecule has 0 aliphatic heterocycles. The molecule has 0 amide bonds. The van der Waals surface area contributed by atoms with Crippen LogP contribution in [0.1, 0.15) is 32.1 Å². The number of carbonyl (C=O) groups excluding carboxylic acids is 1. The van der Waals surface area contributed by atoms with E-state index in [1.807, 2.05) is 12.1 Å². The standard InChI is InChI=1S/C16H19ClN4O2S/c17-12-8-6-11(7-9-12)15-19-20-16(21(15)18)24-10-14(22)23-13-4-2-1-3-5-13/h6-9,13H,1-5,10,18H2. The van der Waals surface area contributed by atoms with Gasteiger partial charge in [0.15, 0.2) is 5.82 Å². The maximum absolute atomic E-state index is 12.0. The normalized spacial score (nSPS) is 15.4. The first-order valence-electron chi connectivity index (χ1n) is 7.92. The van der Waals surface area contributed by atoms with Crippen LogP contribution in [0.3, 0.4) is 0 Å². The van der Waals surface area contributed by atoms with Crippen LogP contribution in [-0.2, 0) is 9.53 Å². The van der Waals surface area contributed by atoms with Crippen molar-refractivity contribution in [2.75, 3.05) is 11.6 Å². The third-order valence-corrected chi connectivity index (χ3v) is 5.10. The number of aromatic nitrogens is 3. The summed E-state index contributed by atoms with van der Waals surface area (Å²) in [4.78, 5) is 12.0. The van der Waals surface area contributed by atoms with Crippen LogP contribution in [0.4, 0.5) is 0 Å². The van der Waals surface area contributed by atoms with E-state index in [0.29, 0.717) is 16.0 Å². The summed E-state index contributed by atoms with van der Waals surface area (Å²) in [7, 11) is 0. The summed E-state index contributed by atoms with van der Waals surface area (Å²) in [5.41, 5.74) is 0.811. The van der Waals surface area contributed by atoms with Gasteiger partial charge in [-0.05, 0) is 49.9 Å². The highest BCUT2D eigenvalue weighted by atomic mass is 35.5. The fraction of sp³-hybridized carbons (Fsp3) is 0.438. The van der Waals surface area contributed by atoms with E-state index in [1.54, 1.807) is 12.1 Å². The Morgan fingerprint density at radius 3 is 2.67 bits per heavy atom. The summed E-state index contributed by atoms with van der Waals surface area (Å²) in [6.07, 6.45) is 5.48. The number of nitrogen functional groups attached to an aromatic ring is 1. The number of nitrogens with zero attached hydrogens (tertiary/aromatic N) is 3. The quantitative estimate of drug-likeness (QED) is 0.496. The number of thioether (sulfide) groups is 1. The van der Waals surface area contributed by atoms with Gasteiger partial charge in [-0.15, -0.1) is 10.2 Å². The molecular weight excluding hydrogens is 348 g/mol. The van der Waals surface area contributed by atoms with Crippen molar-refractivity contribution in [3.8, 4) is 11.4 Å². The zero-order valence-corrected chi connectivity index (χ0v) is 14.7. The van der Waals surface area contributed by atoms with Crippen LogP contribution in [0.25, 0.3) is 11.4 Å². The maximum Gasteiger partial charge on any atom is 0.316 e. The summed E-state index contributed by atoms with van der Waals surface area (Å²) in [5, 5.41) is 9.24. The predicted molar refractivity (Wildman–Crippen MR) is 94.3 cm³/mol. The lowest BCUT2D eigenvalue weighted by atomic mass is 9.98. The zero-order chi connectivity index (χ0) is 16.9. The van der Waals surface area contributed by atoms with Crippen molar-refractivity contribution in [3.05, 3.63) is 29.3 Å². The highest BCUT2D eigenvalue weighted by Crippen LogP contribution is 2.24. The number of hydrogen-bond donors (Lipinski definition) is 1. The van der Waals surface area contributed by atoms with Gasteiger partial charge in [0, 0.05) is 10.6 Å². The minimum Gasteiger partial charge on any atom is -0.462 e. The van der Waals surface area contributed by atoms with E-state index in [1.165, 1.54) is 22.9 Å². The monoisotopic (exact) mass is 366 g/mol. The third kappa shape index (κ3) is 4.21. The summed E-state index contributed by atoms with van der Waals surface area (Å²) in [5.74, 6) is 6.49. The molecule has 1 heterocycles. The van der Waals surface area contributed by atoms with Gasteiger partial charge < -0.3 is 10.6 Å². The predicted octanol–water partition coefficient (Wildman–Crippen LogP) is 3.28. The van der Waals surface area contributed by atoms with Crippen LogP contribution in [0.5, 0.6) is 0 Å². The Bertz CT molecular complexity index is 699. The van der Waals surface area contributed by atoms with Gasteiger partial charge >= 0.3 is 5.97 Å². The van der Waals surface area contributed by atoms with Gasteiger partial charge in [-0.2, -0.15) is 0 Å². The lowest BCUT2D eigenvalue weighted by molar-refractivity contribution is -0.147. The fourth-order valence-corrected chi connectivity index (χ4v) is 3.46. The topological polar surface area (TPSA) is 83.0 Å². The molecule has 128 valence electrons. The molecule has 24 heavy (non-hydrogen) atoms. The first kappa shape index (κ1) is 17.1. The Morgan fingerprint density at radius 1 is 1.25 bits per heavy atom. The van der Waals surface area contributed by atoms with E-state index in [2.05, 4.69) is 10.2 Å². The highest BCUT2D eigenvalue weighted by Gasteiger charge is 2.19. The molecule has 0 saturated heterocycles. The van der Waals surface area contributed by atoms with Gasteiger partial charge in [0.05, 0.1) is 5.75 Å². The molecule has 1 aromatic carbocycles. The van der Waals surface area contributed by atoms with Crippen molar-refractivity contribution in [1.29, 1.82) is 0 Å². The van der Waals surface area contributed by atoms with Gasteiger partial charge in [0.25, 0.3) is 0 Å². The number of benzene rings is 1. The molecule has 1 aliphatic rings. The number of hydrogen-bond acceptors (Lipinski definition) is 6. The molecule has 1 aromatic heterocycles. The van der Waals surface area contributed by atoms with Crippen LogP contribution in [0.2, 0.25) is 5.02 Å². The third-order valence-electron chi connectivity index (χ3n) is 3.94. The molecule has 1 aliphatic carbocycles. The molecule has 0 radical (unpaired) electrons. The Balaban J connectivity index is 1.57. The number of carbonyl (C=O) groups is 1. The molecule has 0 bridgehead atoms. The first-order valence-corrected chi connectivity index (χ1v) is 9.28. The van der Waals surface area contributed by atoms with Crippen LogP contribution in [0, 0.1) is 0 Å². The van der Waals surface area contributed by atoms with E-state index in [9.17, 15) is 4.79 Å². The molecule has 6 nitrogen and oxygen atoms in total. The van der Waals surface area contributed by atoms with Crippen LogP contribution in [0.15, 0.2) is 29.4 Å². The Morgan fingerprint density at radius 2 is 1.96 bits per heavy atom. The highest BCUT2D eigenvalue weighted by molar-refractivity contribution is 7.99. The number of ether oxygens (including phenoxy) is 1. The van der Waals surface area contributed by atoms with Crippen molar-refractivity contribution in [2.24, 2.45) is 0 Å². The molecule has 3 rings (SSSR count). The Hall–Kier alpha value is -1.73. The van der Waals surface area contributed by atoms with Gasteiger partial charge in [0.1, 0.15) is 6.10 Å². The second kappa shape index (κ2) is 7.90. The number of nitrogens with two attached hydrogens (primary N) is 1. The van der Waals surface area contributed by atoms with E-state index in [0.717, 1.165) is 31.2 Å². The smallest absolute Gasteiger partial charge is 0.316 e. The largest absolute Gasteiger partial charge is 0.462 e. The number of esters is 1. The molecule has 0 spiro atoms. The van der Waals surface area contributed by atoms with Crippen molar-refractivity contribution < 1.29 is 9.53 Å². The fourth-order valence-electron chi connectivity index (χ4n) is 2.70. The Labute approximate surface area is 149 Å². The van der Waals surface area contributed by atoms with Crippen molar-refractivity contribution in [1.82, 2.24) is 14.9 Å². The van der Waals surface area contributed by atoms with E-state index in [-0.39, 0.29) is 17.8 Å². The summed E-state index contributed by atoms with van der Waals surface area (Å²) in [6.45, 7) is 0. The number of halogens is 1. The van der Waals surface area contributed by atoms with Crippen LogP contribution >= 0.6 is 23.4 Å². The molecule has 2 N–H and O–H groups in total. The van der Waals surface area contributed by atoms with E-state index in [4.69, 9.17) is 22.2 Å². The molecule has 2 aromatic rings. The second-order valence-electron chi connectivity index (χ2n) is 5.72. The molecule has 0 atom stereocenters. The SMILES string of the molecule is Nn1c(SCC(=O)OC2CCCCC2)nnc1-c1ccc(Cl)cc1. The van der Waals surface area contributed by atoms with Crippen LogP contribution in [-0.4, -0.2) is 32.7 Å². The van der Waals surface area contributed by atoms with Crippen molar-refractivity contribution >= 4 is 29.3 Å². The Kier molecular flexibility index (Phi) is 5.63.